The Hall–Kier alpha value is -3.27. The predicted octanol–water partition coefficient (Wildman–Crippen LogP) is 3.96. The van der Waals surface area contributed by atoms with E-state index in [0.29, 0.717) is 11.3 Å². The maximum Gasteiger partial charge on any atom is 0.125 e. The van der Waals surface area contributed by atoms with Gasteiger partial charge in [0, 0.05) is 11.1 Å². The standard InChI is InChI=1S/C19H16N2O2/c22-16-11-12-18(23)17(13-16)19(14-7-3-1-4-8-14)21-20-15-9-5-2-6-10-15/h1-13,20,22-23H/b21-19-. The monoisotopic (exact) mass is 304 g/mol. The molecule has 23 heavy (non-hydrogen) atoms. The molecular formula is C19H16N2O2. The first kappa shape index (κ1) is 14.7. The summed E-state index contributed by atoms with van der Waals surface area (Å²) in [5.74, 6) is 0.126. The van der Waals surface area contributed by atoms with Crippen molar-refractivity contribution in [3.63, 3.8) is 0 Å². The van der Waals surface area contributed by atoms with Crippen LogP contribution in [0.1, 0.15) is 11.1 Å². The first-order chi connectivity index (χ1) is 11.2. The highest BCUT2D eigenvalue weighted by atomic mass is 16.3. The minimum atomic E-state index is 0.0558. The zero-order chi connectivity index (χ0) is 16.1. The summed E-state index contributed by atoms with van der Waals surface area (Å²) in [5.41, 5.74) is 5.65. The molecule has 3 N–H and O–H groups in total. The molecule has 0 aliphatic heterocycles. The van der Waals surface area contributed by atoms with Crippen LogP contribution < -0.4 is 5.43 Å². The Labute approximate surface area is 134 Å². The number of hydrogen-bond donors (Lipinski definition) is 3. The van der Waals surface area contributed by atoms with Crippen molar-refractivity contribution in [3.8, 4) is 11.5 Å². The molecule has 4 heteroatoms. The van der Waals surface area contributed by atoms with Crippen LogP contribution in [0, 0.1) is 0 Å². The van der Waals surface area contributed by atoms with Crippen molar-refractivity contribution in [2.75, 3.05) is 5.43 Å². The predicted molar refractivity (Wildman–Crippen MR) is 91.9 cm³/mol. The summed E-state index contributed by atoms with van der Waals surface area (Å²) in [6.07, 6.45) is 0. The van der Waals surface area contributed by atoms with Crippen molar-refractivity contribution in [1.82, 2.24) is 0 Å². The summed E-state index contributed by atoms with van der Waals surface area (Å²) >= 11 is 0. The molecule has 0 radical (unpaired) electrons. The Kier molecular flexibility index (Phi) is 4.25. The second-order valence-electron chi connectivity index (χ2n) is 5.01. The fourth-order valence-electron chi connectivity index (χ4n) is 2.22. The quantitative estimate of drug-likeness (QED) is 0.388. The van der Waals surface area contributed by atoms with Crippen LogP contribution in [0.5, 0.6) is 11.5 Å². The summed E-state index contributed by atoms with van der Waals surface area (Å²) in [6, 6.07) is 23.4. The molecule has 0 amide bonds. The maximum absolute atomic E-state index is 10.1. The minimum absolute atomic E-state index is 0.0558. The van der Waals surface area contributed by atoms with E-state index in [-0.39, 0.29) is 11.5 Å². The van der Waals surface area contributed by atoms with Gasteiger partial charge in [0.25, 0.3) is 0 Å². The van der Waals surface area contributed by atoms with Gasteiger partial charge in [0.2, 0.25) is 0 Å². The minimum Gasteiger partial charge on any atom is -0.508 e. The molecule has 0 aliphatic rings. The number of phenols is 2. The SMILES string of the molecule is Oc1ccc(O)c(/C(=N\Nc2ccccc2)c2ccccc2)c1. The normalized spacial score (nSPS) is 11.2. The summed E-state index contributed by atoms with van der Waals surface area (Å²) < 4.78 is 0. The molecule has 0 heterocycles. The van der Waals surface area contributed by atoms with Gasteiger partial charge in [-0.05, 0) is 30.3 Å². The average Bonchev–Trinajstić information content (AvgIpc) is 2.60. The molecule has 0 unspecified atom stereocenters. The lowest BCUT2D eigenvalue weighted by Crippen LogP contribution is -2.07. The molecule has 0 saturated carbocycles. The van der Waals surface area contributed by atoms with Gasteiger partial charge >= 0.3 is 0 Å². The van der Waals surface area contributed by atoms with Gasteiger partial charge in [-0.25, -0.2) is 0 Å². The molecule has 114 valence electrons. The summed E-state index contributed by atoms with van der Waals surface area (Å²) in [5, 5.41) is 24.3. The lowest BCUT2D eigenvalue weighted by molar-refractivity contribution is 0.459. The molecule has 3 aromatic rings. The number of rotatable bonds is 4. The number of nitrogens with one attached hydrogen (secondary N) is 1. The van der Waals surface area contributed by atoms with E-state index < -0.39 is 0 Å². The third kappa shape index (κ3) is 3.49. The third-order valence-electron chi connectivity index (χ3n) is 3.35. The highest BCUT2D eigenvalue weighted by Gasteiger charge is 2.12. The van der Waals surface area contributed by atoms with E-state index in [0.717, 1.165) is 11.3 Å². The van der Waals surface area contributed by atoms with Gasteiger partial charge in [0.15, 0.2) is 0 Å². The molecule has 3 rings (SSSR count). The van der Waals surface area contributed by atoms with Crippen molar-refractivity contribution >= 4 is 11.4 Å². The Morgan fingerprint density at radius 1 is 0.783 bits per heavy atom. The van der Waals surface area contributed by atoms with Gasteiger partial charge in [-0.15, -0.1) is 0 Å². The van der Waals surface area contributed by atoms with Gasteiger partial charge in [0.05, 0.1) is 5.69 Å². The number of phenolic OH excluding ortho intramolecular Hbond substituents is 2. The fraction of sp³-hybridized carbons (Fsp3) is 0. The number of para-hydroxylation sites is 1. The van der Waals surface area contributed by atoms with Crippen molar-refractivity contribution in [2.24, 2.45) is 5.10 Å². The summed E-state index contributed by atoms with van der Waals surface area (Å²) in [6.45, 7) is 0. The summed E-state index contributed by atoms with van der Waals surface area (Å²) in [4.78, 5) is 0. The zero-order valence-corrected chi connectivity index (χ0v) is 12.3. The van der Waals surface area contributed by atoms with Crippen molar-refractivity contribution < 1.29 is 10.2 Å². The topological polar surface area (TPSA) is 64.8 Å². The summed E-state index contributed by atoms with van der Waals surface area (Å²) in [7, 11) is 0. The zero-order valence-electron chi connectivity index (χ0n) is 12.3. The Balaban J connectivity index is 2.05. The Bertz CT molecular complexity index is 815. The molecule has 0 atom stereocenters. The number of benzene rings is 3. The fourth-order valence-corrected chi connectivity index (χ4v) is 2.22. The first-order valence-electron chi connectivity index (χ1n) is 7.20. The maximum atomic E-state index is 10.1. The highest BCUT2D eigenvalue weighted by molar-refractivity contribution is 6.14. The molecule has 3 aromatic carbocycles. The van der Waals surface area contributed by atoms with Gasteiger partial charge < -0.3 is 10.2 Å². The van der Waals surface area contributed by atoms with Crippen LogP contribution in [0.25, 0.3) is 0 Å². The smallest absolute Gasteiger partial charge is 0.125 e. The highest BCUT2D eigenvalue weighted by Crippen LogP contribution is 2.25. The van der Waals surface area contributed by atoms with Crippen LogP contribution in [0.4, 0.5) is 5.69 Å². The molecular weight excluding hydrogens is 288 g/mol. The third-order valence-corrected chi connectivity index (χ3v) is 3.35. The van der Waals surface area contributed by atoms with Crippen molar-refractivity contribution in [2.45, 2.75) is 0 Å². The largest absolute Gasteiger partial charge is 0.508 e. The van der Waals surface area contributed by atoms with Crippen LogP contribution in [0.15, 0.2) is 84.0 Å². The number of hydrazone groups is 1. The van der Waals surface area contributed by atoms with Gasteiger partial charge in [-0.2, -0.15) is 5.10 Å². The van der Waals surface area contributed by atoms with Crippen molar-refractivity contribution in [1.29, 1.82) is 0 Å². The van der Waals surface area contributed by atoms with E-state index in [1.807, 2.05) is 60.7 Å². The van der Waals surface area contributed by atoms with E-state index in [2.05, 4.69) is 10.5 Å². The number of anilines is 1. The lowest BCUT2D eigenvalue weighted by atomic mass is 10.0. The van der Waals surface area contributed by atoms with Crippen LogP contribution in [-0.4, -0.2) is 15.9 Å². The van der Waals surface area contributed by atoms with Gasteiger partial charge in [-0.1, -0.05) is 48.5 Å². The van der Waals surface area contributed by atoms with Crippen LogP contribution >= 0.6 is 0 Å². The van der Waals surface area contributed by atoms with E-state index in [1.165, 1.54) is 18.2 Å². The van der Waals surface area contributed by atoms with E-state index >= 15 is 0 Å². The van der Waals surface area contributed by atoms with Gasteiger partial charge in [-0.3, -0.25) is 5.43 Å². The van der Waals surface area contributed by atoms with E-state index in [9.17, 15) is 10.2 Å². The van der Waals surface area contributed by atoms with Crippen LogP contribution in [-0.2, 0) is 0 Å². The van der Waals surface area contributed by atoms with Crippen LogP contribution in [0.3, 0.4) is 0 Å². The lowest BCUT2D eigenvalue weighted by Gasteiger charge is -2.10. The Morgan fingerprint density at radius 3 is 2.13 bits per heavy atom. The average molecular weight is 304 g/mol. The molecule has 0 bridgehead atoms. The van der Waals surface area contributed by atoms with E-state index in [4.69, 9.17) is 0 Å². The van der Waals surface area contributed by atoms with Crippen LogP contribution in [0.2, 0.25) is 0 Å². The van der Waals surface area contributed by atoms with E-state index in [1.54, 1.807) is 0 Å². The molecule has 0 fully saturated rings. The molecule has 0 aliphatic carbocycles. The molecule has 0 spiro atoms. The van der Waals surface area contributed by atoms with Gasteiger partial charge in [0.1, 0.15) is 17.2 Å². The van der Waals surface area contributed by atoms with Crippen molar-refractivity contribution in [3.05, 3.63) is 90.0 Å². The second kappa shape index (κ2) is 6.66. The molecule has 0 saturated heterocycles. The molecule has 4 nitrogen and oxygen atoms in total. The second-order valence-corrected chi connectivity index (χ2v) is 5.01. The molecule has 0 aromatic heterocycles. The first-order valence-corrected chi connectivity index (χ1v) is 7.20. The Morgan fingerprint density at radius 2 is 1.43 bits per heavy atom. The number of hydrogen-bond acceptors (Lipinski definition) is 4. The number of aromatic hydroxyl groups is 2. The number of nitrogens with zero attached hydrogens (tertiary/aromatic N) is 1.